The van der Waals surface area contributed by atoms with Crippen LogP contribution in [-0.4, -0.2) is 85.3 Å². The molecular weight excluding hydrogens is 1130 g/mol. The van der Waals surface area contributed by atoms with Gasteiger partial charge in [-0.3, -0.25) is 0 Å². The van der Waals surface area contributed by atoms with E-state index in [1.54, 1.807) is 14.2 Å². The van der Waals surface area contributed by atoms with Gasteiger partial charge in [-0.05, 0) is 76.9 Å². The van der Waals surface area contributed by atoms with Crippen molar-refractivity contribution in [1.82, 2.24) is 15.0 Å². The Morgan fingerprint density at radius 3 is 1.37 bits per heavy atom. The lowest BCUT2D eigenvalue weighted by molar-refractivity contribution is -0.331. The van der Waals surface area contributed by atoms with Crippen molar-refractivity contribution >= 4 is 0 Å². The van der Waals surface area contributed by atoms with Crippen molar-refractivity contribution in [3.05, 3.63) is 215 Å². The Hall–Kier alpha value is -6.26. The van der Waals surface area contributed by atoms with Crippen LogP contribution in [0.2, 0.25) is 0 Å². The minimum atomic E-state index is -0.988. The molecule has 486 valence electrons. The van der Waals surface area contributed by atoms with Crippen LogP contribution < -0.4 is 9.47 Å². The van der Waals surface area contributed by atoms with Crippen LogP contribution in [0.1, 0.15) is 175 Å². The van der Waals surface area contributed by atoms with Gasteiger partial charge in [0.05, 0.1) is 78.9 Å². The zero-order valence-electron chi connectivity index (χ0n) is 54.4. The molecule has 2 heterocycles. The number of methoxy groups -OCH3 is 2. The van der Waals surface area contributed by atoms with Crippen molar-refractivity contribution in [2.24, 2.45) is 0 Å². The third-order valence-electron chi connectivity index (χ3n) is 17.0. The molecule has 90 heavy (non-hydrogen) atoms. The number of rotatable bonds is 46. The summed E-state index contributed by atoms with van der Waals surface area (Å²) in [5.74, 6) is 1.57. The number of hydrogen-bond acceptors (Lipinski definition) is 12. The summed E-state index contributed by atoms with van der Waals surface area (Å²) >= 11 is 0. The van der Waals surface area contributed by atoms with E-state index < -0.39 is 49.0 Å². The topological polar surface area (TPSA) is 123 Å². The summed E-state index contributed by atoms with van der Waals surface area (Å²) < 4.78 is 70.6. The molecule has 0 N–H and O–H groups in total. The highest BCUT2D eigenvalue weighted by molar-refractivity contribution is 5.28. The molecule has 1 aliphatic heterocycles. The summed E-state index contributed by atoms with van der Waals surface area (Å²) in [6.45, 7) is 6.71. The second-order valence-electron chi connectivity index (χ2n) is 24.1. The summed E-state index contributed by atoms with van der Waals surface area (Å²) in [6, 6.07) is 56.5. The average Bonchev–Trinajstić information content (AvgIpc) is 1.25. The van der Waals surface area contributed by atoms with Gasteiger partial charge in [-0.1, -0.05) is 267 Å². The Kier molecular flexibility index (Phi) is 31.9. The molecule has 0 unspecified atom stereocenters. The van der Waals surface area contributed by atoms with Crippen molar-refractivity contribution in [3.8, 4) is 11.5 Å². The largest absolute Gasteiger partial charge is 0.497 e. The smallest absolute Gasteiger partial charge is 0.187 e. The van der Waals surface area contributed by atoms with Gasteiger partial charge in [0, 0.05) is 6.20 Å². The zero-order chi connectivity index (χ0) is 62.5. The molecule has 0 spiro atoms. The van der Waals surface area contributed by atoms with Gasteiger partial charge in [-0.25, -0.2) is 4.68 Å². The van der Waals surface area contributed by atoms with Crippen LogP contribution in [0.25, 0.3) is 0 Å². The maximum Gasteiger partial charge on any atom is 0.187 e. The quantitative estimate of drug-likeness (QED) is 0.0338. The normalized spacial score (nSPS) is 17.7. The number of unbranched alkanes of at least 4 members (excludes halogenated alkanes) is 15. The summed E-state index contributed by atoms with van der Waals surface area (Å²) in [5.41, 5.74) is 7.03. The molecule has 13 nitrogen and oxygen atoms in total. The fourth-order valence-corrected chi connectivity index (χ4v) is 11.7. The van der Waals surface area contributed by atoms with Gasteiger partial charge in [0.25, 0.3) is 0 Å². The molecule has 0 bridgehead atoms. The Labute approximate surface area is 538 Å². The molecule has 0 aliphatic carbocycles. The van der Waals surface area contributed by atoms with Gasteiger partial charge in [-0.2, -0.15) is 0 Å². The van der Waals surface area contributed by atoms with Crippen LogP contribution in [0.3, 0.4) is 0 Å². The lowest BCUT2D eigenvalue weighted by Crippen LogP contribution is -2.62. The van der Waals surface area contributed by atoms with Gasteiger partial charge in [-0.15, -0.1) is 5.10 Å². The van der Waals surface area contributed by atoms with Crippen LogP contribution in [0, 0.1) is 0 Å². The van der Waals surface area contributed by atoms with E-state index in [2.05, 4.69) is 92.8 Å². The van der Waals surface area contributed by atoms with Crippen LogP contribution in [0.4, 0.5) is 0 Å². The minimum Gasteiger partial charge on any atom is -0.497 e. The molecule has 6 aromatic carbocycles. The van der Waals surface area contributed by atoms with Crippen LogP contribution in [0.5, 0.6) is 11.5 Å². The van der Waals surface area contributed by atoms with E-state index in [1.165, 1.54) is 83.5 Å². The fraction of sp³-hybridized carbons (Fsp3) is 0.506. The number of benzene rings is 6. The Bertz CT molecular complexity index is 2900. The summed E-state index contributed by atoms with van der Waals surface area (Å²) in [4.78, 5) is 0. The molecule has 0 saturated carbocycles. The number of aryl methyl sites for hydroxylation is 1. The van der Waals surface area contributed by atoms with E-state index in [0.29, 0.717) is 33.0 Å². The van der Waals surface area contributed by atoms with Crippen LogP contribution >= 0.6 is 0 Å². The van der Waals surface area contributed by atoms with Gasteiger partial charge >= 0.3 is 0 Å². The van der Waals surface area contributed by atoms with E-state index in [9.17, 15) is 0 Å². The van der Waals surface area contributed by atoms with Crippen molar-refractivity contribution < 1.29 is 47.4 Å². The van der Waals surface area contributed by atoms with E-state index in [0.717, 1.165) is 89.1 Å². The Morgan fingerprint density at radius 1 is 0.433 bits per heavy atom. The van der Waals surface area contributed by atoms with Crippen molar-refractivity contribution in [3.63, 3.8) is 0 Å². The SMILES string of the molecule is CCCCCCCCCCCCCC[C@@H](OCc1ccc(OC)cc1)[C@@H](OCc1ccc(OC)cc1)[C@H](CO[C@H]1O[C@H](COCc2ccccc2)[C@H](OCc2ccccc2)[C@H](OCc2ccccc2)[C@H]1OCc1ccccc1)n1cc(CCCCCCC)nn1. The molecule has 0 amide bonds. The van der Waals surface area contributed by atoms with E-state index in [1.807, 2.05) is 102 Å². The first-order chi connectivity index (χ1) is 44.5. The first-order valence-corrected chi connectivity index (χ1v) is 33.7. The summed E-state index contributed by atoms with van der Waals surface area (Å²) in [6.07, 6.45) is 19.6. The van der Waals surface area contributed by atoms with Gasteiger partial charge in [0.1, 0.15) is 48.1 Å². The standard InChI is InChI=1S/C77H103N3O10/c1-5-7-9-11-12-13-14-15-16-17-19-33-43-71(84-54-65-44-48-68(81-3)49-45-65)73(85-58-66-46-50-69(82-4)51-47-66)70(80-52-67(78-79-80)42-32-18-10-8-6-2)59-89-77-76(88-57-64-40-30-23-31-41-64)75(87-56-63-38-28-22-29-39-63)74(86-55-62-36-26-21-27-37-62)72(90-77)60-83-53-61-34-24-20-25-35-61/h20-31,34-41,44-52,70-77H,5-19,32-33,42-43,53-60H2,1-4H3/t70-,71+,72+,73-,74-,75-,76+,77-/m0/s1. The van der Waals surface area contributed by atoms with Gasteiger partial charge < -0.3 is 47.4 Å². The van der Waals surface area contributed by atoms with Crippen molar-refractivity contribution in [1.29, 1.82) is 0 Å². The van der Waals surface area contributed by atoms with E-state index in [4.69, 9.17) is 57.7 Å². The zero-order valence-corrected chi connectivity index (χ0v) is 54.4. The molecule has 1 aliphatic rings. The second-order valence-corrected chi connectivity index (χ2v) is 24.1. The van der Waals surface area contributed by atoms with Crippen LogP contribution in [-0.2, 0) is 84.0 Å². The number of hydrogen-bond donors (Lipinski definition) is 0. The van der Waals surface area contributed by atoms with Crippen molar-refractivity contribution in [2.75, 3.05) is 27.4 Å². The fourth-order valence-electron chi connectivity index (χ4n) is 11.7. The Balaban J connectivity index is 1.16. The second kappa shape index (κ2) is 41.3. The van der Waals surface area contributed by atoms with Gasteiger partial charge in [0.2, 0.25) is 0 Å². The lowest BCUT2D eigenvalue weighted by Gasteiger charge is -2.46. The van der Waals surface area contributed by atoms with Gasteiger partial charge in [0.15, 0.2) is 6.29 Å². The number of ether oxygens (including phenoxy) is 10. The number of nitrogens with zero attached hydrogens (tertiary/aromatic N) is 3. The minimum absolute atomic E-state index is 0.0851. The molecule has 8 atom stereocenters. The highest BCUT2D eigenvalue weighted by Crippen LogP contribution is 2.35. The molecule has 1 saturated heterocycles. The van der Waals surface area contributed by atoms with E-state index >= 15 is 0 Å². The molecule has 0 radical (unpaired) electrons. The molecule has 13 heteroatoms. The lowest BCUT2D eigenvalue weighted by atomic mass is 9.97. The average molecular weight is 1230 g/mol. The van der Waals surface area contributed by atoms with Crippen molar-refractivity contribution in [2.45, 2.75) is 224 Å². The maximum atomic E-state index is 7.45. The third-order valence-corrected chi connectivity index (χ3v) is 17.0. The highest BCUT2D eigenvalue weighted by atomic mass is 16.7. The third kappa shape index (κ3) is 24.4. The van der Waals surface area contributed by atoms with Crippen LogP contribution in [0.15, 0.2) is 176 Å². The number of aromatic nitrogens is 3. The molecule has 7 aromatic rings. The maximum absolute atomic E-state index is 7.45. The summed E-state index contributed by atoms with van der Waals surface area (Å²) in [5, 5.41) is 9.86. The predicted molar refractivity (Wildman–Crippen MR) is 356 cm³/mol. The van der Waals surface area contributed by atoms with E-state index in [-0.39, 0.29) is 19.8 Å². The predicted octanol–water partition coefficient (Wildman–Crippen LogP) is 17.3. The first kappa shape index (κ1) is 69.6. The highest BCUT2D eigenvalue weighted by Gasteiger charge is 2.50. The first-order valence-electron chi connectivity index (χ1n) is 33.7. The molecule has 1 fully saturated rings. The Morgan fingerprint density at radius 2 is 0.867 bits per heavy atom. The molecule has 8 rings (SSSR count). The molecule has 1 aromatic heterocycles. The monoisotopic (exact) mass is 1230 g/mol. The summed E-state index contributed by atoms with van der Waals surface area (Å²) in [7, 11) is 3.38. The molecular formula is C77H103N3O10.